The summed E-state index contributed by atoms with van der Waals surface area (Å²) in [6.45, 7) is 4.06. The monoisotopic (exact) mass is 283 g/mol. The number of imidazole rings is 1. The molecule has 2 N–H and O–H groups in total. The zero-order valence-electron chi connectivity index (χ0n) is 12.1. The maximum Gasteiger partial charge on any atom is 0.255 e. The predicted molar refractivity (Wildman–Crippen MR) is 81.6 cm³/mol. The van der Waals surface area contributed by atoms with Crippen LogP contribution in [0.4, 0.5) is 0 Å². The summed E-state index contributed by atoms with van der Waals surface area (Å²) < 4.78 is 2.00. The molecule has 3 aromatic rings. The molecule has 0 saturated heterocycles. The number of hydrogen-bond donors (Lipinski definition) is 2. The van der Waals surface area contributed by atoms with Crippen LogP contribution >= 0.6 is 0 Å². The standard InChI is InChI=1S/C16H17N3O2/c1-10-9-11(2)19-13-6-4-3-5-12(13)18-15(19)14(10)16(21)17-7-8-20/h3-6,9,20H,7-8H2,1-2H3,(H,17,21). The van der Waals surface area contributed by atoms with E-state index in [1.807, 2.05) is 48.6 Å². The number of nitrogens with one attached hydrogen (secondary N) is 1. The first-order chi connectivity index (χ1) is 10.1. The minimum Gasteiger partial charge on any atom is -0.395 e. The molecule has 0 fully saturated rings. The van der Waals surface area contributed by atoms with Crippen molar-refractivity contribution in [1.29, 1.82) is 0 Å². The van der Waals surface area contributed by atoms with Crippen molar-refractivity contribution in [2.45, 2.75) is 13.8 Å². The van der Waals surface area contributed by atoms with E-state index in [0.29, 0.717) is 11.2 Å². The minimum atomic E-state index is -0.207. The van der Waals surface area contributed by atoms with Gasteiger partial charge in [0.05, 0.1) is 23.2 Å². The van der Waals surface area contributed by atoms with Crippen LogP contribution in [0.25, 0.3) is 16.7 Å². The van der Waals surface area contributed by atoms with Crippen LogP contribution in [0.2, 0.25) is 0 Å². The molecule has 0 radical (unpaired) electrons. The Morgan fingerprint density at radius 2 is 2.10 bits per heavy atom. The van der Waals surface area contributed by atoms with Gasteiger partial charge in [0.15, 0.2) is 5.65 Å². The number of aryl methyl sites for hydroxylation is 2. The maximum atomic E-state index is 12.4. The van der Waals surface area contributed by atoms with Crippen molar-refractivity contribution in [1.82, 2.24) is 14.7 Å². The predicted octanol–water partition coefficient (Wildman–Crippen LogP) is 1.83. The van der Waals surface area contributed by atoms with Crippen LogP contribution in [0.1, 0.15) is 21.6 Å². The number of pyridine rings is 1. The van der Waals surface area contributed by atoms with Crippen LogP contribution in [0, 0.1) is 13.8 Å². The minimum absolute atomic E-state index is 0.0800. The van der Waals surface area contributed by atoms with Gasteiger partial charge in [0.25, 0.3) is 5.91 Å². The summed E-state index contributed by atoms with van der Waals surface area (Å²) in [7, 11) is 0. The van der Waals surface area contributed by atoms with Gasteiger partial charge >= 0.3 is 0 Å². The first kappa shape index (κ1) is 13.6. The zero-order chi connectivity index (χ0) is 15.0. The lowest BCUT2D eigenvalue weighted by Crippen LogP contribution is -2.27. The summed E-state index contributed by atoms with van der Waals surface area (Å²) in [4.78, 5) is 17.0. The van der Waals surface area contributed by atoms with Gasteiger partial charge in [-0.1, -0.05) is 12.1 Å². The fourth-order valence-electron chi connectivity index (χ4n) is 2.72. The molecule has 1 amide bonds. The number of carbonyl (C=O) groups is 1. The Morgan fingerprint density at radius 3 is 2.86 bits per heavy atom. The van der Waals surface area contributed by atoms with Crippen molar-refractivity contribution in [3.8, 4) is 0 Å². The highest BCUT2D eigenvalue weighted by Gasteiger charge is 2.18. The fourth-order valence-corrected chi connectivity index (χ4v) is 2.72. The first-order valence-electron chi connectivity index (χ1n) is 6.90. The Kier molecular flexibility index (Phi) is 3.35. The number of nitrogens with zero attached hydrogens (tertiary/aromatic N) is 2. The molecule has 0 aliphatic heterocycles. The van der Waals surface area contributed by atoms with E-state index in [1.54, 1.807) is 0 Å². The van der Waals surface area contributed by atoms with E-state index in [9.17, 15) is 4.79 Å². The number of para-hydroxylation sites is 2. The van der Waals surface area contributed by atoms with E-state index in [2.05, 4.69) is 10.3 Å². The van der Waals surface area contributed by atoms with E-state index in [4.69, 9.17) is 5.11 Å². The average Bonchev–Trinajstić information content (AvgIpc) is 2.84. The lowest BCUT2D eigenvalue weighted by molar-refractivity contribution is 0.0945. The molecule has 0 aliphatic rings. The average molecular weight is 283 g/mol. The number of fused-ring (bicyclic) bond motifs is 3. The van der Waals surface area contributed by atoms with Gasteiger partial charge in [-0.3, -0.25) is 9.20 Å². The number of hydrogen-bond acceptors (Lipinski definition) is 3. The quantitative estimate of drug-likeness (QED) is 0.770. The van der Waals surface area contributed by atoms with Crippen molar-refractivity contribution < 1.29 is 9.90 Å². The van der Waals surface area contributed by atoms with Crippen LogP contribution in [0.3, 0.4) is 0 Å². The molecule has 0 unspecified atom stereocenters. The third kappa shape index (κ3) is 2.15. The Bertz CT molecular complexity index is 836. The summed E-state index contributed by atoms with van der Waals surface area (Å²) in [6.07, 6.45) is 0. The molecule has 0 atom stereocenters. The highest BCUT2D eigenvalue weighted by atomic mass is 16.3. The van der Waals surface area contributed by atoms with Gasteiger partial charge < -0.3 is 10.4 Å². The third-order valence-corrected chi connectivity index (χ3v) is 3.58. The molecule has 1 aromatic carbocycles. The second-order valence-corrected chi connectivity index (χ2v) is 5.08. The molecule has 21 heavy (non-hydrogen) atoms. The van der Waals surface area contributed by atoms with E-state index in [1.165, 1.54) is 0 Å². The van der Waals surface area contributed by atoms with Crippen LogP contribution in [0.5, 0.6) is 0 Å². The SMILES string of the molecule is Cc1cc(C)n2c(nc3ccccc32)c1C(=O)NCCO. The summed E-state index contributed by atoms with van der Waals surface area (Å²) in [5, 5.41) is 11.6. The van der Waals surface area contributed by atoms with Gasteiger partial charge in [-0.2, -0.15) is 0 Å². The Morgan fingerprint density at radius 1 is 1.33 bits per heavy atom. The zero-order valence-corrected chi connectivity index (χ0v) is 12.1. The fraction of sp³-hybridized carbons (Fsp3) is 0.250. The van der Waals surface area contributed by atoms with Crippen molar-refractivity contribution in [2.75, 3.05) is 13.2 Å². The number of benzene rings is 1. The largest absolute Gasteiger partial charge is 0.395 e. The lowest BCUT2D eigenvalue weighted by atomic mass is 10.1. The molecule has 0 bridgehead atoms. The molecule has 0 aliphatic carbocycles. The molecule has 5 heteroatoms. The van der Waals surface area contributed by atoms with Gasteiger partial charge in [0.1, 0.15) is 0 Å². The normalized spacial score (nSPS) is 11.2. The molecular weight excluding hydrogens is 266 g/mol. The van der Waals surface area contributed by atoms with Gasteiger partial charge in [-0.05, 0) is 37.6 Å². The highest BCUT2D eigenvalue weighted by Crippen LogP contribution is 2.23. The number of amides is 1. The molecule has 108 valence electrons. The first-order valence-corrected chi connectivity index (χ1v) is 6.90. The molecule has 5 nitrogen and oxygen atoms in total. The van der Waals surface area contributed by atoms with Gasteiger partial charge in [-0.25, -0.2) is 4.98 Å². The van der Waals surface area contributed by atoms with Gasteiger partial charge in [0.2, 0.25) is 0 Å². The van der Waals surface area contributed by atoms with E-state index in [-0.39, 0.29) is 19.1 Å². The van der Waals surface area contributed by atoms with Gasteiger partial charge in [-0.15, -0.1) is 0 Å². The summed E-state index contributed by atoms with van der Waals surface area (Å²) >= 11 is 0. The van der Waals surface area contributed by atoms with Crippen molar-refractivity contribution in [3.05, 3.63) is 47.2 Å². The molecule has 0 spiro atoms. The summed E-state index contributed by atoms with van der Waals surface area (Å²) in [5.74, 6) is -0.207. The van der Waals surface area contributed by atoms with E-state index in [0.717, 1.165) is 22.3 Å². The van der Waals surface area contributed by atoms with Crippen LogP contribution < -0.4 is 5.32 Å². The smallest absolute Gasteiger partial charge is 0.255 e. The number of aromatic nitrogens is 2. The number of aliphatic hydroxyl groups is 1. The second kappa shape index (κ2) is 5.18. The van der Waals surface area contributed by atoms with Gasteiger partial charge in [0, 0.05) is 12.2 Å². The molecular formula is C16H17N3O2. The lowest BCUT2D eigenvalue weighted by Gasteiger charge is -2.11. The summed E-state index contributed by atoms with van der Waals surface area (Å²) in [6, 6.07) is 9.80. The van der Waals surface area contributed by atoms with E-state index < -0.39 is 0 Å². The topological polar surface area (TPSA) is 66.6 Å². The van der Waals surface area contributed by atoms with Crippen LogP contribution in [0.15, 0.2) is 30.3 Å². The molecule has 3 rings (SSSR count). The van der Waals surface area contributed by atoms with E-state index >= 15 is 0 Å². The second-order valence-electron chi connectivity index (χ2n) is 5.08. The highest BCUT2D eigenvalue weighted by molar-refractivity contribution is 6.03. The number of carbonyl (C=O) groups excluding carboxylic acids is 1. The van der Waals surface area contributed by atoms with Crippen molar-refractivity contribution in [2.24, 2.45) is 0 Å². The Labute approximate surface area is 122 Å². The third-order valence-electron chi connectivity index (χ3n) is 3.58. The maximum absolute atomic E-state index is 12.4. The Hall–Kier alpha value is -2.40. The van der Waals surface area contributed by atoms with Crippen molar-refractivity contribution >= 4 is 22.6 Å². The number of aliphatic hydroxyl groups excluding tert-OH is 1. The molecule has 2 heterocycles. The molecule has 0 saturated carbocycles. The van der Waals surface area contributed by atoms with Crippen molar-refractivity contribution in [3.63, 3.8) is 0 Å². The van der Waals surface area contributed by atoms with Crippen LogP contribution in [-0.4, -0.2) is 33.6 Å². The Balaban J connectivity index is 2.31. The number of rotatable bonds is 3. The summed E-state index contributed by atoms with van der Waals surface area (Å²) in [5.41, 5.74) is 4.98. The molecule has 2 aromatic heterocycles. The van der Waals surface area contributed by atoms with Crippen LogP contribution in [-0.2, 0) is 0 Å².